The van der Waals surface area contributed by atoms with Gasteiger partial charge in [-0.1, -0.05) is 29.5 Å². The highest BCUT2D eigenvalue weighted by Gasteiger charge is 2.13. The number of benzene rings is 1. The van der Waals surface area contributed by atoms with Gasteiger partial charge in [-0.2, -0.15) is 5.10 Å². The maximum absolute atomic E-state index is 12.2. The highest BCUT2D eigenvalue weighted by Crippen LogP contribution is 2.22. The Labute approximate surface area is 150 Å². The Morgan fingerprint density at radius 3 is 2.72 bits per heavy atom. The lowest BCUT2D eigenvalue weighted by molar-refractivity contribution is -0.113. The fourth-order valence-electron chi connectivity index (χ4n) is 2.60. The van der Waals surface area contributed by atoms with Crippen molar-refractivity contribution in [2.75, 3.05) is 11.1 Å². The third kappa shape index (κ3) is 3.90. The average Bonchev–Trinajstić information content (AvgIpc) is 3.12. The van der Waals surface area contributed by atoms with Crippen LogP contribution in [0.1, 0.15) is 16.8 Å². The van der Waals surface area contributed by atoms with Crippen molar-refractivity contribution in [2.24, 2.45) is 7.05 Å². The van der Waals surface area contributed by atoms with Crippen LogP contribution in [0, 0.1) is 20.8 Å². The minimum atomic E-state index is -0.108. The largest absolute Gasteiger partial charge is 0.310 e. The average molecular weight is 356 g/mol. The third-order valence-electron chi connectivity index (χ3n) is 3.73. The van der Waals surface area contributed by atoms with Gasteiger partial charge in [0, 0.05) is 13.1 Å². The zero-order valence-electron chi connectivity index (χ0n) is 14.6. The molecule has 0 radical (unpaired) electrons. The Hall–Kier alpha value is -2.61. The number of thioether (sulfide) groups is 1. The summed E-state index contributed by atoms with van der Waals surface area (Å²) in [6, 6.07) is 8.03. The first-order chi connectivity index (χ1) is 11.9. The summed E-state index contributed by atoms with van der Waals surface area (Å²) in [5.74, 6) is 0.815. The molecule has 1 N–H and O–H groups in total. The van der Waals surface area contributed by atoms with Gasteiger partial charge in [-0.05, 0) is 32.4 Å². The van der Waals surface area contributed by atoms with E-state index < -0.39 is 0 Å². The number of hydrogen-bond donors (Lipinski definition) is 1. The van der Waals surface area contributed by atoms with Crippen molar-refractivity contribution in [3.8, 4) is 5.69 Å². The fraction of sp³-hybridized carbons (Fsp3) is 0.294. The van der Waals surface area contributed by atoms with Crippen molar-refractivity contribution in [2.45, 2.75) is 25.9 Å². The monoisotopic (exact) mass is 356 g/mol. The van der Waals surface area contributed by atoms with Gasteiger partial charge in [-0.3, -0.25) is 14.0 Å². The second-order valence-electron chi connectivity index (χ2n) is 5.90. The Kier molecular flexibility index (Phi) is 4.89. The summed E-state index contributed by atoms with van der Waals surface area (Å²) >= 11 is 1.35. The van der Waals surface area contributed by atoms with Crippen LogP contribution in [0.5, 0.6) is 0 Å². The van der Waals surface area contributed by atoms with Crippen LogP contribution in [0.15, 0.2) is 35.7 Å². The number of nitrogens with one attached hydrogen (secondary N) is 1. The minimum Gasteiger partial charge on any atom is -0.310 e. The molecule has 8 heteroatoms. The number of amides is 1. The maximum atomic E-state index is 12.2. The molecule has 1 aromatic carbocycles. The fourth-order valence-corrected chi connectivity index (χ4v) is 3.32. The number of carbonyl (C=O) groups excluding carboxylic acids is 1. The molecule has 0 saturated heterocycles. The molecule has 3 rings (SSSR count). The summed E-state index contributed by atoms with van der Waals surface area (Å²) in [5.41, 5.74) is 4.21. The van der Waals surface area contributed by atoms with E-state index in [-0.39, 0.29) is 11.7 Å². The first-order valence-electron chi connectivity index (χ1n) is 7.85. The molecule has 0 saturated carbocycles. The smallest absolute Gasteiger partial charge is 0.235 e. The molecule has 0 aliphatic rings. The lowest BCUT2D eigenvalue weighted by Crippen LogP contribution is -2.16. The molecule has 7 nitrogen and oxygen atoms in total. The molecular formula is C17H20N6OS. The van der Waals surface area contributed by atoms with Gasteiger partial charge in [-0.25, -0.2) is 0 Å². The van der Waals surface area contributed by atoms with Gasteiger partial charge in [0.2, 0.25) is 5.91 Å². The van der Waals surface area contributed by atoms with Crippen molar-refractivity contribution in [1.82, 2.24) is 24.5 Å². The van der Waals surface area contributed by atoms with Gasteiger partial charge in [0.1, 0.15) is 12.1 Å². The van der Waals surface area contributed by atoms with Crippen LogP contribution in [0.3, 0.4) is 0 Å². The van der Waals surface area contributed by atoms with Crippen LogP contribution >= 0.6 is 11.8 Å². The number of aromatic nitrogens is 5. The Morgan fingerprint density at radius 2 is 2.04 bits per heavy atom. The number of carbonyl (C=O) groups is 1. The van der Waals surface area contributed by atoms with Gasteiger partial charge in [0.25, 0.3) is 0 Å². The predicted molar refractivity (Wildman–Crippen MR) is 98.1 cm³/mol. The molecule has 0 unspecified atom stereocenters. The normalized spacial score (nSPS) is 10.9. The molecule has 1 amide bonds. The molecule has 25 heavy (non-hydrogen) atoms. The van der Waals surface area contributed by atoms with Crippen molar-refractivity contribution < 1.29 is 4.79 Å². The summed E-state index contributed by atoms with van der Waals surface area (Å²) < 4.78 is 3.55. The zero-order chi connectivity index (χ0) is 18.0. The third-order valence-corrected chi connectivity index (χ3v) is 4.67. The minimum absolute atomic E-state index is 0.108. The van der Waals surface area contributed by atoms with Gasteiger partial charge in [0.15, 0.2) is 5.16 Å². The lowest BCUT2D eigenvalue weighted by atomic mass is 10.1. The number of anilines is 1. The summed E-state index contributed by atoms with van der Waals surface area (Å²) in [6.07, 6.45) is 1.67. The molecule has 2 heterocycles. The van der Waals surface area contributed by atoms with Crippen LogP contribution in [-0.2, 0) is 11.8 Å². The second kappa shape index (κ2) is 7.10. The number of aryl methyl sites for hydroxylation is 4. The summed E-state index contributed by atoms with van der Waals surface area (Å²) in [7, 11) is 1.80. The molecule has 0 aliphatic carbocycles. The SMILES string of the molecule is Cc1ccc(-n2cnnc2SCC(=O)Nc2cc(C)nn2C)c(C)c1. The van der Waals surface area contributed by atoms with E-state index >= 15 is 0 Å². The standard InChI is InChI=1S/C17H20N6OS/c1-11-5-6-14(12(2)7-11)23-10-18-20-17(23)25-9-16(24)19-15-8-13(3)21-22(15)4/h5-8,10H,9H2,1-4H3,(H,19,24). The van der Waals surface area contributed by atoms with Crippen LogP contribution in [0.2, 0.25) is 0 Å². The van der Waals surface area contributed by atoms with E-state index in [4.69, 9.17) is 0 Å². The van der Waals surface area contributed by atoms with Crippen LogP contribution in [0.4, 0.5) is 5.82 Å². The number of hydrogen-bond acceptors (Lipinski definition) is 5. The van der Waals surface area contributed by atoms with Crippen molar-refractivity contribution in [3.63, 3.8) is 0 Å². The van der Waals surface area contributed by atoms with E-state index in [1.165, 1.54) is 17.3 Å². The quantitative estimate of drug-likeness (QED) is 0.711. The van der Waals surface area contributed by atoms with E-state index in [2.05, 4.69) is 33.6 Å². The molecule has 0 aliphatic heterocycles. The predicted octanol–water partition coefficient (Wildman–Crippen LogP) is 2.66. The number of nitrogens with zero attached hydrogens (tertiary/aromatic N) is 5. The first-order valence-corrected chi connectivity index (χ1v) is 8.83. The van der Waals surface area contributed by atoms with E-state index in [0.29, 0.717) is 11.0 Å². The maximum Gasteiger partial charge on any atom is 0.235 e. The van der Waals surface area contributed by atoms with E-state index in [1.54, 1.807) is 18.1 Å². The molecule has 130 valence electrons. The van der Waals surface area contributed by atoms with E-state index in [9.17, 15) is 4.79 Å². The highest BCUT2D eigenvalue weighted by atomic mass is 32.2. The van der Waals surface area contributed by atoms with Crippen LogP contribution in [0.25, 0.3) is 5.69 Å². The summed E-state index contributed by atoms with van der Waals surface area (Å²) in [4.78, 5) is 12.2. The van der Waals surface area contributed by atoms with Gasteiger partial charge in [0.05, 0.1) is 17.1 Å². The molecule has 0 bridgehead atoms. The van der Waals surface area contributed by atoms with Crippen molar-refractivity contribution in [1.29, 1.82) is 0 Å². The zero-order valence-corrected chi connectivity index (χ0v) is 15.5. The summed E-state index contributed by atoms with van der Waals surface area (Å²) in [6.45, 7) is 5.99. The summed E-state index contributed by atoms with van der Waals surface area (Å²) in [5, 5.41) is 15.9. The van der Waals surface area contributed by atoms with Gasteiger partial charge < -0.3 is 5.32 Å². The molecule has 0 fully saturated rings. The molecule has 2 aromatic heterocycles. The van der Waals surface area contributed by atoms with E-state index in [0.717, 1.165) is 16.9 Å². The highest BCUT2D eigenvalue weighted by molar-refractivity contribution is 7.99. The first kappa shape index (κ1) is 17.2. The van der Waals surface area contributed by atoms with Crippen LogP contribution < -0.4 is 5.32 Å². The Bertz CT molecular complexity index is 914. The van der Waals surface area contributed by atoms with Crippen molar-refractivity contribution >= 4 is 23.5 Å². The van der Waals surface area contributed by atoms with Crippen LogP contribution in [-0.4, -0.2) is 36.2 Å². The van der Waals surface area contributed by atoms with Gasteiger partial charge in [-0.15, -0.1) is 10.2 Å². The molecule has 3 aromatic rings. The topological polar surface area (TPSA) is 77.6 Å². The second-order valence-corrected chi connectivity index (χ2v) is 6.85. The number of rotatable bonds is 5. The Balaban J connectivity index is 1.69. The van der Waals surface area contributed by atoms with Gasteiger partial charge >= 0.3 is 0 Å². The molecule has 0 atom stereocenters. The van der Waals surface area contributed by atoms with E-state index in [1.807, 2.05) is 36.6 Å². The van der Waals surface area contributed by atoms with Crippen molar-refractivity contribution in [3.05, 3.63) is 47.4 Å². The Morgan fingerprint density at radius 1 is 1.24 bits per heavy atom. The molecular weight excluding hydrogens is 336 g/mol. The molecule has 0 spiro atoms. The lowest BCUT2D eigenvalue weighted by Gasteiger charge is -2.10.